The summed E-state index contributed by atoms with van der Waals surface area (Å²) in [6, 6.07) is 24.1. The van der Waals surface area contributed by atoms with Crippen LogP contribution in [0.15, 0.2) is 84.6 Å². The van der Waals surface area contributed by atoms with Crippen LogP contribution in [-0.2, 0) is 0 Å². The fourth-order valence-electron chi connectivity index (χ4n) is 5.64. The number of rotatable bonds is 4. The molecular weight excluding hydrogens is 460 g/mol. The maximum Gasteiger partial charge on any atom is 0.214 e. The number of halogens is 1. The molecule has 5 rings (SSSR count). The first-order chi connectivity index (χ1) is 16.8. The van der Waals surface area contributed by atoms with Crippen LogP contribution >= 0.6 is 0 Å². The quantitative estimate of drug-likeness (QED) is 0.437. The molecule has 0 radical (unpaired) electrons. The van der Waals surface area contributed by atoms with Crippen molar-refractivity contribution in [1.29, 1.82) is 0 Å². The van der Waals surface area contributed by atoms with Gasteiger partial charge in [-0.15, -0.1) is 0 Å². The molecule has 182 valence electrons. The third-order valence-electron chi connectivity index (χ3n) is 6.87. The van der Waals surface area contributed by atoms with E-state index in [-0.39, 0.29) is 12.4 Å². The second kappa shape index (κ2) is 10.2. The molecule has 4 aromatic rings. The summed E-state index contributed by atoms with van der Waals surface area (Å²) in [7, 11) is 0. The molecular formula is C33H33ClN2. The van der Waals surface area contributed by atoms with E-state index < -0.39 is 0 Å². The zero-order valence-electron chi connectivity index (χ0n) is 21.9. The summed E-state index contributed by atoms with van der Waals surface area (Å²) < 4.78 is 0. The van der Waals surface area contributed by atoms with Gasteiger partial charge in [-0.05, 0) is 81.5 Å². The van der Waals surface area contributed by atoms with Gasteiger partial charge < -0.3 is 17.4 Å². The van der Waals surface area contributed by atoms with Crippen molar-refractivity contribution in [2.75, 3.05) is 0 Å². The lowest BCUT2D eigenvalue weighted by Crippen LogP contribution is -3.00. The fourth-order valence-corrected chi connectivity index (χ4v) is 5.64. The minimum absolute atomic E-state index is 0. The average Bonchev–Trinajstić information content (AvgIpc) is 3.44. The largest absolute Gasteiger partial charge is 1.00 e. The Balaban J connectivity index is 0.00000304. The van der Waals surface area contributed by atoms with Gasteiger partial charge in [0, 0.05) is 23.4 Å². The van der Waals surface area contributed by atoms with E-state index in [1.807, 2.05) is 0 Å². The highest BCUT2D eigenvalue weighted by Gasteiger charge is 2.24. The molecule has 0 amide bonds. The van der Waals surface area contributed by atoms with Crippen molar-refractivity contribution >= 4 is 11.3 Å². The van der Waals surface area contributed by atoms with E-state index in [2.05, 4.69) is 130 Å². The van der Waals surface area contributed by atoms with Gasteiger partial charge in [-0.2, -0.15) is 0 Å². The molecule has 2 heterocycles. The van der Waals surface area contributed by atoms with Crippen molar-refractivity contribution in [3.63, 3.8) is 0 Å². The van der Waals surface area contributed by atoms with Gasteiger partial charge in [0.15, 0.2) is 0 Å². The van der Waals surface area contributed by atoms with E-state index in [0.717, 1.165) is 22.8 Å². The highest BCUT2D eigenvalue weighted by molar-refractivity contribution is 6.08. The molecule has 0 aliphatic carbocycles. The molecule has 0 fully saturated rings. The predicted octanol–water partition coefficient (Wildman–Crippen LogP) is 3.44. The van der Waals surface area contributed by atoms with Gasteiger partial charge in [0.2, 0.25) is 11.4 Å². The highest BCUT2D eigenvalue weighted by Crippen LogP contribution is 2.32. The Hall–Kier alpha value is -3.62. The van der Waals surface area contributed by atoms with E-state index >= 15 is 0 Å². The van der Waals surface area contributed by atoms with E-state index in [1.165, 1.54) is 55.6 Å². The molecule has 0 saturated carbocycles. The monoisotopic (exact) mass is 492 g/mol. The summed E-state index contributed by atoms with van der Waals surface area (Å²) in [6.07, 6.45) is 4.42. The molecule has 1 aliphatic rings. The van der Waals surface area contributed by atoms with Gasteiger partial charge in [-0.25, -0.2) is 4.99 Å². The Labute approximate surface area is 220 Å². The summed E-state index contributed by atoms with van der Waals surface area (Å²) in [5.74, 6) is 0. The maximum atomic E-state index is 3.75. The van der Waals surface area contributed by atoms with Gasteiger partial charge >= 0.3 is 0 Å². The standard InChI is InChI=1S/C33H32N2.ClH/c1-20-16-22(3)31(23(4)17-20)27-12-14-29(34-27)33(26-10-8-7-9-11-26)30-15-13-28(35-30)32-24(5)18-21(2)19-25(32)6;/h7-19,34H,1-6H3;1H/b33-30-;. The van der Waals surface area contributed by atoms with Crippen LogP contribution < -0.4 is 17.4 Å². The molecule has 0 bridgehead atoms. The van der Waals surface area contributed by atoms with E-state index in [4.69, 9.17) is 0 Å². The Morgan fingerprint density at radius 1 is 0.639 bits per heavy atom. The smallest absolute Gasteiger partial charge is 0.214 e. The Kier molecular flexibility index (Phi) is 7.19. The molecule has 2 N–H and O–H groups in total. The number of aromatic nitrogens is 1. The maximum absolute atomic E-state index is 3.75. The van der Waals surface area contributed by atoms with Gasteiger partial charge in [0.05, 0.1) is 16.8 Å². The fraction of sp³-hybridized carbons (Fsp3) is 0.182. The first-order valence-corrected chi connectivity index (χ1v) is 12.3. The number of H-pyrrole nitrogens is 1. The lowest BCUT2D eigenvalue weighted by molar-refractivity contribution is -0.384. The Morgan fingerprint density at radius 3 is 1.78 bits per heavy atom. The zero-order chi connectivity index (χ0) is 24.7. The molecule has 0 saturated heterocycles. The van der Waals surface area contributed by atoms with Crippen LogP contribution in [0.25, 0.3) is 16.8 Å². The molecule has 3 aromatic carbocycles. The van der Waals surface area contributed by atoms with Gasteiger partial charge in [0.25, 0.3) is 0 Å². The molecule has 36 heavy (non-hydrogen) atoms. The lowest BCUT2D eigenvalue weighted by atomic mass is 9.96. The van der Waals surface area contributed by atoms with Crippen molar-refractivity contribution in [1.82, 2.24) is 4.98 Å². The van der Waals surface area contributed by atoms with E-state index in [0.29, 0.717) is 0 Å². The Bertz CT molecular complexity index is 1490. The summed E-state index contributed by atoms with van der Waals surface area (Å²) in [5, 5.41) is 0. The van der Waals surface area contributed by atoms with E-state index in [1.54, 1.807) is 0 Å². The number of hydrogen-bond donors (Lipinski definition) is 2. The topological polar surface area (TPSA) is 29.8 Å². The van der Waals surface area contributed by atoms with Crippen molar-refractivity contribution < 1.29 is 17.4 Å². The van der Waals surface area contributed by atoms with E-state index in [9.17, 15) is 0 Å². The third-order valence-corrected chi connectivity index (χ3v) is 6.87. The molecule has 0 atom stereocenters. The van der Waals surface area contributed by atoms with Gasteiger partial charge in [0.1, 0.15) is 0 Å². The third kappa shape index (κ3) is 4.74. The molecule has 0 unspecified atom stereocenters. The van der Waals surface area contributed by atoms with Crippen LogP contribution in [0.2, 0.25) is 0 Å². The van der Waals surface area contributed by atoms with Crippen LogP contribution in [0.5, 0.6) is 0 Å². The van der Waals surface area contributed by atoms with Gasteiger partial charge in [-0.1, -0.05) is 65.7 Å². The van der Waals surface area contributed by atoms with Crippen LogP contribution in [-0.4, -0.2) is 10.7 Å². The summed E-state index contributed by atoms with van der Waals surface area (Å²) in [5.41, 5.74) is 17.2. The summed E-state index contributed by atoms with van der Waals surface area (Å²) in [4.78, 5) is 7.50. The molecule has 0 spiro atoms. The summed E-state index contributed by atoms with van der Waals surface area (Å²) >= 11 is 0. The van der Waals surface area contributed by atoms with Crippen LogP contribution in [0, 0.1) is 41.5 Å². The second-order valence-corrected chi connectivity index (χ2v) is 9.86. The van der Waals surface area contributed by atoms with Gasteiger partial charge in [-0.3, -0.25) is 0 Å². The summed E-state index contributed by atoms with van der Waals surface area (Å²) in [6.45, 7) is 13.1. The SMILES string of the molecule is Cc1cc(C)c(C2=[NH+]/C(=C(/c3ccccc3)c3ccc(-c4c(C)cc(C)cc4C)[nH]3)C=C2)c(C)c1.[Cl-]. The zero-order valence-corrected chi connectivity index (χ0v) is 22.6. The number of hydrogen-bond acceptors (Lipinski definition) is 0. The van der Waals surface area contributed by atoms with Crippen molar-refractivity contribution in [3.8, 4) is 11.3 Å². The Morgan fingerprint density at radius 2 is 1.19 bits per heavy atom. The molecule has 1 aromatic heterocycles. The normalized spacial score (nSPS) is 14.0. The minimum atomic E-state index is 0. The number of allylic oxidation sites excluding steroid dienone is 2. The predicted molar refractivity (Wildman–Crippen MR) is 148 cm³/mol. The first kappa shape index (κ1) is 25.5. The number of nitrogens with one attached hydrogen (secondary N) is 2. The minimum Gasteiger partial charge on any atom is -1.00 e. The second-order valence-electron chi connectivity index (χ2n) is 9.86. The van der Waals surface area contributed by atoms with Crippen molar-refractivity contribution in [2.24, 2.45) is 0 Å². The first-order valence-electron chi connectivity index (χ1n) is 12.3. The molecule has 3 heteroatoms. The number of aromatic amines is 1. The average molecular weight is 493 g/mol. The van der Waals surface area contributed by atoms with Crippen molar-refractivity contribution in [3.05, 3.63) is 135 Å². The highest BCUT2D eigenvalue weighted by atomic mass is 35.5. The van der Waals surface area contributed by atoms with Crippen LogP contribution in [0.4, 0.5) is 0 Å². The number of benzene rings is 3. The molecule has 2 nitrogen and oxygen atoms in total. The lowest BCUT2D eigenvalue weighted by Gasteiger charge is -2.10. The van der Waals surface area contributed by atoms with Crippen LogP contribution in [0.3, 0.4) is 0 Å². The number of aryl methyl sites for hydroxylation is 6. The van der Waals surface area contributed by atoms with Crippen molar-refractivity contribution in [2.45, 2.75) is 41.5 Å². The molecule has 1 aliphatic heterocycles. The van der Waals surface area contributed by atoms with Crippen LogP contribution in [0.1, 0.15) is 50.2 Å².